The minimum absolute atomic E-state index is 0.0131. The Hall–Kier alpha value is -1.95. The van der Waals surface area contributed by atoms with E-state index in [4.69, 9.17) is 0 Å². The smallest absolute Gasteiger partial charge is 0.272 e. The van der Waals surface area contributed by atoms with E-state index in [1.54, 1.807) is 18.3 Å². The Labute approximate surface area is 149 Å². The third kappa shape index (κ3) is 4.18. The largest absolute Gasteiger partial charge is 0.339 e. The Morgan fingerprint density at radius 1 is 1.04 bits per heavy atom. The lowest BCUT2D eigenvalue weighted by molar-refractivity contribution is 0.0637. The van der Waals surface area contributed by atoms with E-state index in [1.807, 2.05) is 9.80 Å². The first-order chi connectivity index (χ1) is 12.1. The molecule has 2 amide bonds. The van der Waals surface area contributed by atoms with Gasteiger partial charge in [-0.05, 0) is 37.4 Å². The summed E-state index contributed by atoms with van der Waals surface area (Å²) < 4.78 is 0. The highest BCUT2D eigenvalue weighted by molar-refractivity contribution is 5.98. The number of aromatic nitrogens is 1. The molecule has 3 rings (SSSR count). The Balaban J connectivity index is 1.67. The first-order valence-electron chi connectivity index (χ1n) is 9.35. The number of rotatable bonds is 3. The van der Waals surface area contributed by atoms with E-state index in [-0.39, 0.29) is 11.8 Å². The number of piperidine rings is 1. The molecule has 2 fully saturated rings. The second-order valence-corrected chi connectivity index (χ2v) is 7.13. The maximum Gasteiger partial charge on any atom is 0.272 e. The molecule has 0 bridgehead atoms. The van der Waals surface area contributed by atoms with E-state index in [0.29, 0.717) is 17.2 Å². The molecular formula is C19H28N4O2. The minimum Gasteiger partial charge on any atom is -0.339 e. The number of piperazine rings is 1. The monoisotopic (exact) mass is 344 g/mol. The van der Waals surface area contributed by atoms with Crippen molar-refractivity contribution in [3.05, 3.63) is 29.6 Å². The number of carbonyl (C=O) groups is 2. The molecule has 0 aromatic carbocycles. The minimum atomic E-state index is -0.0716. The van der Waals surface area contributed by atoms with E-state index < -0.39 is 0 Å². The van der Waals surface area contributed by atoms with Crippen LogP contribution in [0.25, 0.3) is 0 Å². The predicted octanol–water partition coefficient (Wildman–Crippen LogP) is 1.73. The summed E-state index contributed by atoms with van der Waals surface area (Å²) in [6.07, 6.45) is 3.67. The zero-order chi connectivity index (χ0) is 17.8. The SMILES string of the molecule is CCN1CCN(C(=O)c2cc(C(=O)N3CCC(C)CC3)ccn2)CC1. The number of hydrogen-bond acceptors (Lipinski definition) is 4. The molecule has 3 heterocycles. The van der Waals surface area contributed by atoms with Gasteiger partial charge in [0, 0.05) is 51.0 Å². The zero-order valence-corrected chi connectivity index (χ0v) is 15.3. The van der Waals surface area contributed by atoms with Crippen molar-refractivity contribution in [2.75, 3.05) is 45.8 Å². The number of likely N-dealkylation sites (N-methyl/N-ethyl adjacent to an activating group) is 1. The molecule has 0 radical (unpaired) electrons. The van der Waals surface area contributed by atoms with Gasteiger partial charge in [0.2, 0.25) is 0 Å². The van der Waals surface area contributed by atoms with Crippen molar-refractivity contribution in [3.63, 3.8) is 0 Å². The van der Waals surface area contributed by atoms with Crippen molar-refractivity contribution < 1.29 is 9.59 Å². The average Bonchev–Trinajstić information content (AvgIpc) is 2.67. The summed E-state index contributed by atoms with van der Waals surface area (Å²) in [6.45, 7) is 10.2. The predicted molar refractivity (Wildman–Crippen MR) is 96.6 cm³/mol. The summed E-state index contributed by atoms with van der Waals surface area (Å²) in [5, 5.41) is 0. The molecule has 1 aromatic rings. The van der Waals surface area contributed by atoms with E-state index in [0.717, 1.165) is 58.7 Å². The van der Waals surface area contributed by atoms with Gasteiger partial charge in [-0.15, -0.1) is 0 Å². The van der Waals surface area contributed by atoms with Crippen LogP contribution >= 0.6 is 0 Å². The molecular weight excluding hydrogens is 316 g/mol. The number of hydrogen-bond donors (Lipinski definition) is 0. The Kier molecular flexibility index (Phi) is 5.68. The van der Waals surface area contributed by atoms with E-state index in [9.17, 15) is 9.59 Å². The van der Waals surface area contributed by atoms with Crippen LogP contribution in [0.1, 0.15) is 47.5 Å². The van der Waals surface area contributed by atoms with Crippen LogP contribution in [0, 0.1) is 5.92 Å². The second-order valence-electron chi connectivity index (χ2n) is 7.13. The molecule has 136 valence electrons. The molecule has 2 saturated heterocycles. The Morgan fingerprint density at radius 2 is 1.68 bits per heavy atom. The second kappa shape index (κ2) is 7.95. The lowest BCUT2D eigenvalue weighted by Crippen LogP contribution is -2.48. The van der Waals surface area contributed by atoms with Crippen LogP contribution in [0.3, 0.4) is 0 Å². The summed E-state index contributed by atoms with van der Waals surface area (Å²) in [4.78, 5) is 35.7. The molecule has 0 aliphatic carbocycles. The molecule has 0 atom stereocenters. The highest BCUT2D eigenvalue weighted by atomic mass is 16.2. The number of amides is 2. The molecule has 25 heavy (non-hydrogen) atoms. The molecule has 0 spiro atoms. The highest BCUT2D eigenvalue weighted by Crippen LogP contribution is 2.18. The van der Waals surface area contributed by atoms with Crippen molar-refractivity contribution >= 4 is 11.8 Å². The van der Waals surface area contributed by atoms with Gasteiger partial charge in [0.1, 0.15) is 5.69 Å². The van der Waals surface area contributed by atoms with Gasteiger partial charge >= 0.3 is 0 Å². The molecule has 1 aromatic heterocycles. The number of nitrogens with zero attached hydrogens (tertiary/aromatic N) is 4. The van der Waals surface area contributed by atoms with Crippen LogP contribution in [0.15, 0.2) is 18.3 Å². The number of carbonyl (C=O) groups excluding carboxylic acids is 2. The molecule has 6 nitrogen and oxygen atoms in total. The van der Waals surface area contributed by atoms with Gasteiger partial charge in [-0.25, -0.2) is 0 Å². The van der Waals surface area contributed by atoms with Gasteiger partial charge in [0.05, 0.1) is 0 Å². The van der Waals surface area contributed by atoms with Crippen LogP contribution < -0.4 is 0 Å². The summed E-state index contributed by atoms with van der Waals surface area (Å²) >= 11 is 0. The third-order valence-corrected chi connectivity index (χ3v) is 5.40. The fourth-order valence-electron chi connectivity index (χ4n) is 3.50. The van der Waals surface area contributed by atoms with Gasteiger partial charge < -0.3 is 14.7 Å². The maximum atomic E-state index is 12.7. The fraction of sp³-hybridized carbons (Fsp3) is 0.632. The molecule has 0 N–H and O–H groups in total. The highest BCUT2D eigenvalue weighted by Gasteiger charge is 2.25. The lowest BCUT2D eigenvalue weighted by atomic mass is 9.98. The Bertz CT molecular complexity index is 618. The van der Waals surface area contributed by atoms with Crippen LogP contribution in [-0.4, -0.2) is 77.3 Å². The van der Waals surface area contributed by atoms with Crippen LogP contribution in [0.2, 0.25) is 0 Å². The van der Waals surface area contributed by atoms with Crippen molar-refractivity contribution in [2.24, 2.45) is 5.92 Å². The molecule has 6 heteroatoms. The van der Waals surface area contributed by atoms with E-state index in [1.165, 1.54) is 0 Å². The van der Waals surface area contributed by atoms with Crippen molar-refractivity contribution in [1.29, 1.82) is 0 Å². The van der Waals surface area contributed by atoms with E-state index >= 15 is 0 Å². The van der Waals surface area contributed by atoms with Gasteiger partial charge in [0.15, 0.2) is 0 Å². The lowest BCUT2D eigenvalue weighted by Gasteiger charge is -2.34. The van der Waals surface area contributed by atoms with Crippen LogP contribution in [0.4, 0.5) is 0 Å². The van der Waals surface area contributed by atoms with Crippen LogP contribution in [-0.2, 0) is 0 Å². The van der Waals surface area contributed by atoms with E-state index in [2.05, 4.69) is 23.7 Å². The van der Waals surface area contributed by atoms with Gasteiger partial charge in [-0.3, -0.25) is 14.6 Å². The zero-order valence-electron chi connectivity index (χ0n) is 15.3. The van der Waals surface area contributed by atoms with Gasteiger partial charge in [-0.2, -0.15) is 0 Å². The van der Waals surface area contributed by atoms with Gasteiger partial charge in [-0.1, -0.05) is 13.8 Å². The molecule has 0 unspecified atom stereocenters. The summed E-state index contributed by atoms with van der Waals surface area (Å²) in [5.74, 6) is 0.622. The summed E-state index contributed by atoms with van der Waals surface area (Å²) in [5.41, 5.74) is 0.946. The maximum absolute atomic E-state index is 12.7. The normalized spacial score (nSPS) is 19.9. The first kappa shape index (κ1) is 17.9. The third-order valence-electron chi connectivity index (χ3n) is 5.40. The fourth-order valence-corrected chi connectivity index (χ4v) is 3.50. The Morgan fingerprint density at radius 3 is 2.32 bits per heavy atom. The van der Waals surface area contributed by atoms with Crippen molar-refractivity contribution in [1.82, 2.24) is 19.7 Å². The molecule has 2 aliphatic rings. The standard InChI is InChI=1S/C19H28N4O2/c1-3-21-10-12-23(13-11-21)19(25)17-14-16(4-7-20-17)18(24)22-8-5-15(2)6-9-22/h4,7,14-15H,3,5-6,8-13H2,1-2H3. The first-order valence-corrected chi connectivity index (χ1v) is 9.35. The molecule has 2 aliphatic heterocycles. The summed E-state index contributed by atoms with van der Waals surface area (Å²) in [7, 11) is 0. The topological polar surface area (TPSA) is 56.8 Å². The number of pyridine rings is 1. The summed E-state index contributed by atoms with van der Waals surface area (Å²) in [6, 6.07) is 3.38. The van der Waals surface area contributed by atoms with Crippen molar-refractivity contribution in [3.8, 4) is 0 Å². The van der Waals surface area contributed by atoms with Gasteiger partial charge in [0.25, 0.3) is 11.8 Å². The molecule has 0 saturated carbocycles. The quantitative estimate of drug-likeness (QED) is 0.838. The van der Waals surface area contributed by atoms with Crippen molar-refractivity contribution in [2.45, 2.75) is 26.7 Å². The number of likely N-dealkylation sites (tertiary alicyclic amines) is 1. The average molecular weight is 344 g/mol. The van der Waals surface area contributed by atoms with Crippen LogP contribution in [0.5, 0.6) is 0 Å².